The van der Waals surface area contributed by atoms with Gasteiger partial charge in [-0.2, -0.15) is 0 Å². The Morgan fingerprint density at radius 1 is 1.02 bits per heavy atom. The van der Waals surface area contributed by atoms with Gasteiger partial charge in [0.05, 0.1) is 54.1 Å². The molecule has 0 spiro atoms. The first-order chi connectivity index (χ1) is 23.3. The van der Waals surface area contributed by atoms with Crippen LogP contribution in [-0.4, -0.2) is 73.1 Å². The van der Waals surface area contributed by atoms with Crippen LogP contribution in [0.25, 0.3) is 22.4 Å². The van der Waals surface area contributed by atoms with Gasteiger partial charge in [-0.25, -0.2) is 9.97 Å². The van der Waals surface area contributed by atoms with Crippen LogP contribution in [0.5, 0.6) is 11.6 Å². The van der Waals surface area contributed by atoms with E-state index in [9.17, 15) is 9.90 Å². The van der Waals surface area contributed by atoms with Crippen LogP contribution >= 0.6 is 23.2 Å². The molecule has 2 N–H and O–H groups in total. The van der Waals surface area contributed by atoms with Crippen LogP contribution in [0, 0.1) is 0 Å². The number of rotatable bonds is 11. The Hall–Kier alpha value is -3.58. The van der Waals surface area contributed by atoms with Crippen LogP contribution in [0.3, 0.4) is 0 Å². The third-order valence-corrected chi connectivity index (χ3v) is 14.7. The number of nitrogens with zero attached hydrogens (tertiary/aromatic N) is 4. The lowest BCUT2D eigenvalue weighted by Gasteiger charge is -2.37. The topological polar surface area (TPSA) is 119 Å². The zero-order valence-corrected chi connectivity index (χ0v) is 31.5. The van der Waals surface area contributed by atoms with Crippen molar-refractivity contribution in [2.24, 2.45) is 0 Å². The van der Waals surface area contributed by atoms with Crippen molar-refractivity contribution in [1.82, 2.24) is 19.9 Å². The molecule has 1 amide bonds. The minimum Gasteiger partial charge on any atom is -0.496 e. The summed E-state index contributed by atoms with van der Waals surface area (Å²) < 4.78 is 17.4. The maximum Gasteiger partial charge on any atom is 0.274 e. The van der Waals surface area contributed by atoms with Gasteiger partial charge in [-0.1, -0.05) is 74.3 Å². The predicted octanol–water partition coefficient (Wildman–Crippen LogP) is 7.65. The van der Waals surface area contributed by atoms with E-state index in [0.717, 1.165) is 30.8 Å². The molecular weight excluding hydrogens is 681 g/mol. The molecule has 2 aromatic carbocycles. The lowest BCUT2D eigenvalue weighted by Crippen LogP contribution is -2.43. The number of aliphatic hydroxyl groups is 1. The summed E-state index contributed by atoms with van der Waals surface area (Å²) in [6.07, 6.45) is 2.30. The third kappa shape index (κ3) is 7.93. The monoisotopic (exact) mass is 723 g/mol. The van der Waals surface area contributed by atoms with Crippen LogP contribution in [0.4, 0.5) is 5.69 Å². The van der Waals surface area contributed by atoms with E-state index in [0.29, 0.717) is 62.7 Å². The summed E-state index contributed by atoms with van der Waals surface area (Å²) >= 11 is 13.8. The maximum atomic E-state index is 13.7. The fraction of sp³-hybridized carbons (Fsp3) is 0.389. The van der Waals surface area contributed by atoms with E-state index >= 15 is 0 Å². The van der Waals surface area contributed by atoms with Crippen molar-refractivity contribution in [3.63, 3.8) is 0 Å². The first-order valence-electron chi connectivity index (χ1n) is 16.1. The number of amides is 1. The quantitative estimate of drug-likeness (QED) is 0.150. The Morgan fingerprint density at radius 3 is 2.39 bits per heavy atom. The zero-order valence-electron chi connectivity index (χ0n) is 29.0. The number of aromatic nitrogens is 3. The van der Waals surface area contributed by atoms with Crippen molar-refractivity contribution in [3.8, 4) is 34.0 Å². The van der Waals surface area contributed by atoms with Crippen molar-refractivity contribution >= 4 is 43.1 Å². The summed E-state index contributed by atoms with van der Waals surface area (Å²) in [5.41, 5.74) is 5.11. The Bertz CT molecular complexity index is 1850. The van der Waals surface area contributed by atoms with Crippen LogP contribution in [0.1, 0.15) is 48.2 Å². The van der Waals surface area contributed by atoms with Gasteiger partial charge in [0.1, 0.15) is 17.1 Å². The number of ether oxygens (including phenoxy) is 2. The second-order valence-electron chi connectivity index (χ2n) is 13.4. The summed E-state index contributed by atoms with van der Waals surface area (Å²) in [6, 6.07) is 12.5. The molecule has 13 heteroatoms. The maximum absolute atomic E-state index is 13.7. The minimum absolute atomic E-state index is 0.148. The van der Waals surface area contributed by atoms with Crippen LogP contribution in [0.2, 0.25) is 28.2 Å². The van der Waals surface area contributed by atoms with E-state index in [2.05, 4.69) is 54.0 Å². The Kier molecular flexibility index (Phi) is 11.3. The van der Waals surface area contributed by atoms with Crippen molar-refractivity contribution in [1.29, 1.82) is 0 Å². The number of nitrogens with one attached hydrogen (secondary N) is 1. The van der Waals surface area contributed by atoms with Gasteiger partial charge in [-0.15, -0.1) is 0 Å². The van der Waals surface area contributed by atoms with Gasteiger partial charge in [0, 0.05) is 54.6 Å². The largest absolute Gasteiger partial charge is 0.496 e. The van der Waals surface area contributed by atoms with Gasteiger partial charge < -0.3 is 24.3 Å². The molecule has 2 aromatic heterocycles. The van der Waals surface area contributed by atoms with Crippen LogP contribution < -0.4 is 14.8 Å². The fourth-order valence-corrected chi connectivity index (χ4v) is 7.09. The Morgan fingerprint density at radius 2 is 1.71 bits per heavy atom. The first-order valence-corrected chi connectivity index (χ1v) is 19.8. The summed E-state index contributed by atoms with van der Waals surface area (Å²) in [6.45, 7) is 13.8. The number of methoxy groups -OCH3 is 2. The van der Waals surface area contributed by atoms with Crippen molar-refractivity contribution in [2.45, 2.75) is 58.5 Å². The van der Waals surface area contributed by atoms with E-state index in [1.165, 1.54) is 13.3 Å². The summed E-state index contributed by atoms with van der Waals surface area (Å²) in [4.78, 5) is 29.5. The summed E-state index contributed by atoms with van der Waals surface area (Å²) in [5.74, 6) is 0.437. The standard InChI is InChI=1S/C36H43Cl2N5O5Si/c1-36(2,3)49(6,7)48-17-16-43-15-14-24-29(20-43)40-27(18-31(24)46-4)34(45)41-26-13-9-11-23(33(26)38)22-10-8-12-25(32(22)37)28-19-39-30(21-44)35(42-28)47-5/h8-13,18-19,44H,14-17,20-21H2,1-7H3,(H,41,45). The van der Waals surface area contributed by atoms with Crippen LogP contribution in [0.15, 0.2) is 48.7 Å². The highest BCUT2D eigenvalue weighted by Crippen LogP contribution is 2.41. The van der Waals surface area contributed by atoms with E-state index < -0.39 is 14.2 Å². The average molecular weight is 725 g/mol. The number of anilines is 1. The van der Waals surface area contributed by atoms with Gasteiger partial charge in [-0.3, -0.25) is 14.7 Å². The number of hydrogen-bond donors (Lipinski definition) is 2. The second-order valence-corrected chi connectivity index (χ2v) is 19.0. The molecule has 0 saturated carbocycles. The van der Waals surface area contributed by atoms with Gasteiger partial charge in [-0.05, 0) is 30.6 Å². The van der Waals surface area contributed by atoms with E-state index in [1.54, 1.807) is 25.3 Å². The molecule has 0 saturated heterocycles. The van der Waals surface area contributed by atoms with E-state index in [4.69, 9.17) is 42.1 Å². The SMILES string of the molecule is COc1cc(C(=O)Nc2cccc(-c3cccc(-c4cnc(CO)c(OC)n4)c3Cl)c2Cl)nc2c1CCN(CCO[Si](C)(C)C(C)(C)C)C2. The highest BCUT2D eigenvalue weighted by Gasteiger charge is 2.37. The third-order valence-electron chi connectivity index (χ3n) is 9.32. The molecule has 0 unspecified atom stereocenters. The molecular formula is C36H43Cl2N5O5Si. The highest BCUT2D eigenvalue weighted by molar-refractivity contribution is 6.74. The molecule has 0 fully saturated rings. The molecule has 0 aliphatic carbocycles. The second kappa shape index (κ2) is 15.1. The molecule has 1 aliphatic rings. The molecule has 10 nitrogen and oxygen atoms in total. The molecule has 260 valence electrons. The number of carbonyl (C=O) groups excluding carboxylic acids is 1. The smallest absolute Gasteiger partial charge is 0.274 e. The normalized spacial score (nSPS) is 13.6. The first kappa shape index (κ1) is 36.7. The van der Waals surface area contributed by atoms with Gasteiger partial charge in [0.2, 0.25) is 5.88 Å². The molecule has 49 heavy (non-hydrogen) atoms. The lowest BCUT2D eigenvalue weighted by atomic mass is 10.0. The summed E-state index contributed by atoms with van der Waals surface area (Å²) in [5, 5.41) is 13.3. The van der Waals surface area contributed by atoms with Crippen molar-refractivity contribution in [2.75, 3.05) is 39.2 Å². The Labute approximate surface area is 298 Å². The van der Waals surface area contributed by atoms with Crippen molar-refractivity contribution < 1.29 is 23.8 Å². The molecule has 1 aliphatic heterocycles. The van der Waals surface area contributed by atoms with Gasteiger partial charge >= 0.3 is 0 Å². The number of halogens is 2. The Balaban J connectivity index is 1.36. The molecule has 3 heterocycles. The number of aliphatic hydroxyl groups excluding tert-OH is 1. The number of pyridine rings is 1. The minimum atomic E-state index is -1.85. The zero-order chi connectivity index (χ0) is 35.5. The molecule has 4 aromatic rings. The molecule has 5 rings (SSSR count). The van der Waals surface area contributed by atoms with Gasteiger partial charge in [0.15, 0.2) is 8.32 Å². The number of fused-ring (bicyclic) bond motifs is 1. The van der Waals surface area contributed by atoms with E-state index in [-0.39, 0.29) is 23.2 Å². The highest BCUT2D eigenvalue weighted by atomic mass is 35.5. The molecule has 0 radical (unpaired) electrons. The fourth-order valence-electron chi connectivity index (χ4n) is 5.45. The molecule has 0 atom stereocenters. The van der Waals surface area contributed by atoms with Gasteiger partial charge in [0.25, 0.3) is 5.91 Å². The number of carbonyl (C=O) groups is 1. The molecule has 0 bridgehead atoms. The number of hydrogen-bond acceptors (Lipinski definition) is 9. The lowest BCUT2D eigenvalue weighted by molar-refractivity contribution is 0.102. The van der Waals surface area contributed by atoms with Crippen LogP contribution in [-0.2, 0) is 24.0 Å². The van der Waals surface area contributed by atoms with Crippen molar-refractivity contribution in [3.05, 3.63) is 81.4 Å². The average Bonchev–Trinajstić information content (AvgIpc) is 3.07. The summed E-state index contributed by atoms with van der Waals surface area (Å²) in [7, 11) is 1.22. The predicted molar refractivity (Wildman–Crippen MR) is 196 cm³/mol. The van der Waals surface area contributed by atoms with E-state index in [1.807, 2.05) is 24.3 Å². The number of benzene rings is 2.